The van der Waals surface area contributed by atoms with Crippen molar-refractivity contribution >= 4 is 5.78 Å². The Kier molecular flexibility index (Phi) is 4.98. The summed E-state index contributed by atoms with van der Waals surface area (Å²) in [6.45, 7) is 7.91. The number of carbonyl (C=O) groups is 1. The second kappa shape index (κ2) is 6.03. The first kappa shape index (κ1) is 13.2. The maximum absolute atomic E-state index is 11.2. The molecule has 2 atom stereocenters. The fraction of sp³-hybridized carbons (Fsp3) is 0.667. The van der Waals surface area contributed by atoms with Crippen molar-refractivity contribution in [3.05, 3.63) is 23.3 Å². The third-order valence-electron chi connectivity index (χ3n) is 3.89. The normalized spacial score (nSPS) is 28.0. The quantitative estimate of drug-likeness (QED) is 0.512. The summed E-state index contributed by atoms with van der Waals surface area (Å²) >= 11 is 0. The molecule has 0 N–H and O–H groups in total. The molecule has 1 rings (SSSR count). The van der Waals surface area contributed by atoms with Gasteiger partial charge >= 0.3 is 0 Å². The molecule has 0 aliphatic heterocycles. The predicted octanol–water partition coefficient (Wildman–Crippen LogP) is 4.29. The Labute approximate surface area is 99.6 Å². The molecule has 0 spiro atoms. The molecule has 1 saturated carbocycles. The van der Waals surface area contributed by atoms with Gasteiger partial charge in [-0.2, -0.15) is 0 Å². The van der Waals surface area contributed by atoms with E-state index in [1.807, 2.05) is 13.8 Å². The van der Waals surface area contributed by atoms with Crippen LogP contribution in [0.2, 0.25) is 0 Å². The van der Waals surface area contributed by atoms with Crippen molar-refractivity contribution in [1.82, 2.24) is 0 Å². The van der Waals surface area contributed by atoms with E-state index in [9.17, 15) is 4.79 Å². The lowest BCUT2D eigenvalue weighted by Gasteiger charge is -2.26. The van der Waals surface area contributed by atoms with Crippen LogP contribution in [0.4, 0.5) is 0 Å². The van der Waals surface area contributed by atoms with Gasteiger partial charge in [0.25, 0.3) is 0 Å². The number of ketones is 1. The fourth-order valence-corrected chi connectivity index (χ4v) is 2.30. The largest absolute Gasteiger partial charge is 0.295 e. The maximum Gasteiger partial charge on any atom is 0.155 e. The number of hydrogen-bond acceptors (Lipinski definition) is 1. The minimum absolute atomic E-state index is 0.179. The third kappa shape index (κ3) is 3.62. The predicted molar refractivity (Wildman–Crippen MR) is 69.3 cm³/mol. The van der Waals surface area contributed by atoms with Gasteiger partial charge in [-0.1, -0.05) is 38.3 Å². The van der Waals surface area contributed by atoms with E-state index >= 15 is 0 Å². The first-order valence-corrected chi connectivity index (χ1v) is 6.39. The zero-order valence-electron chi connectivity index (χ0n) is 11.0. The van der Waals surface area contributed by atoms with Crippen LogP contribution < -0.4 is 0 Å². The highest BCUT2D eigenvalue weighted by Gasteiger charge is 2.18. The summed E-state index contributed by atoms with van der Waals surface area (Å²) in [6.07, 6.45) is 9.85. The lowest BCUT2D eigenvalue weighted by Crippen LogP contribution is -2.14. The van der Waals surface area contributed by atoms with E-state index in [2.05, 4.69) is 19.1 Å². The lowest BCUT2D eigenvalue weighted by atomic mass is 9.80. The SMILES string of the molecule is CC(=O)/C(C)=C(C)/C=C\C1CCCCC1C. The number of carbonyl (C=O) groups excluding carboxylic acids is 1. The molecule has 1 aliphatic rings. The highest BCUT2D eigenvalue weighted by atomic mass is 16.1. The molecule has 1 aliphatic carbocycles. The third-order valence-corrected chi connectivity index (χ3v) is 3.89. The van der Waals surface area contributed by atoms with Gasteiger partial charge in [-0.05, 0) is 50.2 Å². The molecule has 90 valence electrons. The molecule has 0 saturated heterocycles. The van der Waals surface area contributed by atoms with Crippen LogP contribution in [0.15, 0.2) is 23.3 Å². The average molecular weight is 220 g/mol. The summed E-state index contributed by atoms with van der Waals surface area (Å²) in [6, 6.07) is 0. The second-order valence-corrected chi connectivity index (χ2v) is 5.15. The number of allylic oxidation sites excluding steroid dienone is 4. The van der Waals surface area contributed by atoms with Crippen molar-refractivity contribution in [3.63, 3.8) is 0 Å². The van der Waals surface area contributed by atoms with Gasteiger partial charge in [0.2, 0.25) is 0 Å². The zero-order valence-corrected chi connectivity index (χ0v) is 11.0. The second-order valence-electron chi connectivity index (χ2n) is 5.15. The maximum atomic E-state index is 11.2. The van der Waals surface area contributed by atoms with Crippen molar-refractivity contribution < 1.29 is 4.79 Å². The Hall–Kier alpha value is -0.850. The summed E-state index contributed by atoms with van der Waals surface area (Å²) in [5.41, 5.74) is 2.00. The molecular weight excluding hydrogens is 196 g/mol. The van der Waals surface area contributed by atoms with E-state index in [1.165, 1.54) is 25.7 Å². The Morgan fingerprint density at radius 3 is 2.31 bits per heavy atom. The smallest absolute Gasteiger partial charge is 0.155 e. The number of hydrogen-bond donors (Lipinski definition) is 0. The summed E-state index contributed by atoms with van der Waals surface area (Å²) in [5, 5.41) is 0. The van der Waals surface area contributed by atoms with E-state index in [4.69, 9.17) is 0 Å². The van der Waals surface area contributed by atoms with Crippen molar-refractivity contribution in [1.29, 1.82) is 0 Å². The van der Waals surface area contributed by atoms with Crippen LogP contribution in [0, 0.1) is 11.8 Å². The first-order chi connectivity index (χ1) is 7.52. The van der Waals surface area contributed by atoms with Crippen molar-refractivity contribution in [2.24, 2.45) is 11.8 Å². The highest BCUT2D eigenvalue weighted by molar-refractivity contribution is 5.93. The van der Waals surface area contributed by atoms with Crippen molar-refractivity contribution in [3.8, 4) is 0 Å². The van der Waals surface area contributed by atoms with Gasteiger partial charge in [-0.15, -0.1) is 0 Å². The van der Waals surface area contributed by atoms with E-state index in [0.29, 0.717) is 5.92 Å². The molecule has 2 unspecified atom stereocenters. The molecule has 16 heavy (non-hydrogen) atoms. The van der Waals surface area contributed by atoms with Crippen LogP contribution in [0.3, 0.4) is 0 Å². The van der Waals surface area contributed by atoms with Crippen LogP contribution in [-0.2, 0) is 4.79 Å². The summed E-state index contributed by atoms with van der Waals surface area (Å²) in [4.78, 5) is 11.2. The monoisotopic (exact) mass is 220 g/mol. The molecule has 0 bridgehead atoms. The molecule has 0 radical (unpaired) electrons. The van der Waals surface area contributed by atoms with E-state index < -0.39 is 0 Å². The average Bonchev–Trinajstić information content (AvgIpc) is 2.26. The molecule has 1 fully saturated rings. The minimum atomic E-state index is 0.179. The molecule has 0 aromatic carbocycles. The van der Waals surface area contributed by atoms with Crippen LogP contribution in [0.5, 0.6) is 0 Å². The van der Waals surface area contributed by atoms with Gasteiger partial charge in [-0.3, -0.25) is 4.79 Å². The Morgan fingerprint density at radius 1 is 1.12 bits per heavy atom. The molecule has 0 amide bonds. The van der Waals surface area contributed by atoms with Crippen molar-refractivity contribution in [2.75, 3.05) is 0 Å². The van der Waals surface area contributed by atoms with Crippen LogP contribution in [-0.4, -0.2) is 5.78 Å². The van der Waals surface area contributed by atoms with Gasteiger partial charge in [0, 0.05) is 0 Å². The summed E-state index contributed by atoms with van der Waals surface area (Å²) in [7, 11) is 0. The fourth-order valence-electron chi connectivity index (χ4n) is 2.30. The first-order valence-electron chi connectivity index (χ1n) is 6.39. The van der Waals surface area contributed by atoms with Crippen LogP contribution >= 0.6 is 0 Å². The number of rotatable bonds is 3. The molecule has 0 aromatic rings. The zero-order chi connectivity index (χ0) is 12.1. The van der Waals surface area contributed by atoms with E-state index in [1.54, 1.807) is 6.92 Å². The van der Waals surface area contributed by atoms with Gasteiger partial charge in [0.05, 0.1) is 0 Å². The van der Waals surface area contributed by atoms with Crippen molar-refractivity contribution in [2.45, 2.75) is 53.4 Å². The molecule has 1 nitrogen and oxygen atoms in total. The Bertz CT molecular complexity index is 309. The van der Waals surface area contributed by atoms with E-state index in [0.717, 1.165) is 17.1 Å². The number of Topliss-reactive ketones (excluding diaryl/α,β-unsaturated/α-hetero) is 1. The van der Waals surface area contributed by atoms with Crippen LogP contribution in [0.25, 0.3) is 0 Å². The van der Waals surface area contributed by atoms with Crippen LogP contribution in [0.1, 0.15) is 53.4 Å². The molecule has 1 heteroatoms. The molecule has 0 aromatic heterocycles. The standard InChI is InChI=1S/C15H24O/c1-11(13(3)14(4)16)9-10-15-8-6-5-7-12(15)2/h9-10,12,15H,5-8H2,1-4H3/b10-9-,13-11+. The minimum Gasteiger partial charge on any atom is -0.295 e. The summed E-state index contributed by atoms with van der Waals surface area (Å²) in [5.74, 6) is 1.69. The Balaban J connectivity index is 2.65. The summed E-state index contributed by atoms with van der Waals surface area (Å²) < 4.78 is 0. The van der Waals surface area contributed by atoms with Gasteiger partial charge in [-0.25, -0.2) is 0 Å². The molecule has 0 heterocycles. The van der Waals surface area contributed by atoms with Gasteiger partial charge < -0.3 is 0 Å². The van der Waals surface area contributed by atoms with Gasteiger partial charge in [0.1, 0.15) is 0 Å². The van der Waals surface area contributed by atoms with Gasteiger partial charge in [0.15, 0.2) is 5.78 Å². The highest BCUT2D eigenvalue weighted by Crippen LogP contribution is 2.30. The van der Waals surface area contributed by atoms with E-state index in [-0.39, 0.29) is 5.78 Å². The molecular formula is C15H24O. The lowest BCUT2D eigenvalue weighted by molar-refractivity contribution is -0.113. The Morgan fingerprint density at radius 2 is 1.75 bits per heavy atom. The topological polar surface area (TPSA) is 17.1 Å².